The van der Waals surface area contributed by atoms with Gasteiger partial charge in [-0.3, -0.25) is 0 Å². The third-order valence-electron chi connectivity index (χ3n) is 5.03. The second kappa shape index (κ2) is 13.4. The Morgan fingerprint density at radius 1 is 1.24 bits per heavy atom. The molecule has 1 saturated heterocycles. The minimum atomic E-state index is 0.544. The van der Waals surface area contributed by atoms with E-state index in [4.69, 9.17) is 19.2 Å². The summed E-state index contributed by atoms with van der Waals surface area (Å²) in [6, 6.07) is 8.23. The molecule has 1 aromatic carbocycles. The van der Waals surface area contributed by atoms with Gasteiger partial charge in [0.15, 0.2) is 5.96 Å². The van der Waals surface area contributed by atoms with Gasteiger partial charge in [0.2, 0.25) is 0 Å². The van der Waals surface area contributed by atoms with Crippen LogP contribution in [0.15, 0.2) is 29.3 Å². The van der Waals surface area contributed by atoms with Gasteiger partial charge in [-0.1, -0.05) is 32.0 Å². The molecule has 6 heteroatoms. The maximum atomic E-state index is 6.02. The lowest BCUT2D eigenvalue weighted by Crippen LogP contribution is -2.40. The van der Waals surface area contributed by atoms with Crippen LogP contribution in [0.2, 0.25) is 0 Å². The molecule has 1 unspecified atom stereocenters. The van der Waals surface area contributed by atoms with E-state index in [1.54, 1.807) is 7.11 Å². The highest BCUT2D eigenvalue weighted by atomic mass is 16.5. The van der Waals surface area contributed by atoms with Gasteiger partial charge in [-0.05, 0) is 31.7 Å². The van der Waals surface area contributed by atoms with Crippen molar-refractivity contribution >= 4 is 5.96 Å². The highest BCUT2D eigenvalue weighted by Crippen LogP contribution is 2.21. The summed E-state index contributed by atoms with van der Waals surface area (Å²) in [6.45, 7) is 12.8. The largest absolute Gasteiger partial charge is 0.493 e. The van der Waals surface area contributed by atoms with E-state index < -0.39 is 0 Å². The van der Waals surface area contributed by atoms with E-state index in [1.807, 2.05) is 12.1 Å². The van der Waals surface area contributed by atoms with Crippen molar-refractivity contribution in [1.82, 2.24) is 10.2 Å². The van der Waals surface area contributed by atoms with Gasteiger partial charge in [-0.25, -0.2) is 4.99 Å². The average Bonchev–Trinajstić information content (AvgIpc) is 3.18. The molecule has 0 saturated carbocycles. The Morgan fingerprint density at radius 2 is 2.07 bits per heavy atom. The summed E-state index contributed by atoms with van der Waals surface area (Å²) in [6.07, 6.45) is 2.19. The van der Waals surface area contributed by atoms with Crippen LogP contribution in [0.4, 0.5) is 0 Å². The van der Waals surface area contributed by atoms with Gasteiger partial charge in [0.05, 0.1) is 33.0 Å². The van der Waals surface area contributed by atoms with E-state index >= 15 is 0 Å². The Bertz CT molecular complexity index is 607. The molecular formula is C23H39N3O3. The average molecular weight is 406 g/mol. The van der Waals surface area contributed by atoms with Crippen LogP contribution >= 0.6 is 0 Å². The van der Waals surface area contributed by atoms with Gasteiger partial charge in [0.1, 0.15) is 5.75 Å². The predicted molar refractivity (Wildman–Crippen MR) is 119 cm³/mol. The second-order valence-corrected chi connectivity index (χ2v) is 7.98. The number of methoxy groups -OCH3 is 1. The molecule has 0 bridgehead atoms. The van der Waals surface area contributed by atoms with E-state index in [1.165, 1.54) is 0 Å². The molecule has 1 aliphatic heterocycles. The molecule has 0 radical (unpaired) electrons. The molecule has 29 heavy (non-hydrogen) atoms. The number of benzene rings is 1. The van der Waals surface area contributed by atoms with Crippen LogP contribution in [-0.4, -0.2) is 64.0 Å². The number of nitrogens with zero attached hydrogens (tertiary/aromatic N) is 2. The van der Waals surface area contributed by atoms with E-state index in [0.29, 0.717) is 31.6 Å². The summed E-state index contributed by atoms with van der Waals surface area (Å²) in [7, 11) is 1.70. The van der Waals surface area contributed by atoms with E-state index in [0.717, 1.165) is 63.0 Å². The monoisotopic (exact) mass is 405 g/mol. The van der Waals surface area contributed by atoms with Crippen LogP contribution in [-0.2, 0) is 16.0 Å². The van der Waals surface area contributed by atoms with Crippen LogP contribution in [0.1, 0.15) is 39.2 Å². The third-order valence-corrected chi connectivity index (χ3v) is 5.03. The molecule has 1 fully saturated rings. The van der Waals surface area contributed by atoms with Crippen molar-refractivity contribution < 1.29 is 14.2 Å². The fourth-order valence-electron chi connectivity index (χ4n) is 3.32. The highest BCUT2D eigenvalue weighted by molar-refractivity contribution is 5.80. The molecule has 0 aliphatic carbocycles. The molecule has 6 nitrogen and oxygen atoms in total. The summed E-state index contributed by atoms with van der Waals surface area (Å²) in [4.78, 5) is 7.25. The first-order valence-electron chi connectivity index (χ1n) is 10.9. The van der Waals surface area contributed by atoms with Crippen molar-refractivity contribution in [2.75, 3.05) is 53.2 Å². The first-order valence-corrected chi connectivity index (χ1v) is 10.9. The highest BCUT2D eigenvalue weighted by Gasteiger charge is 2.25. The lowest BCUT2D eigenvalue weighted by Gasteiger charge is -2.22. The van der Waals surface area contributed by atoms with E-state index in [-0.39, 0.29) is 0 Å². The minimum Gasteiger partial charge on any atom is -0.493 e. The number of rotatable bonds is 12. The van der Waals surface area contributed by atoms with Crippen molar-refractivity contribution in [3.63, 3.8) is 0 Å². The van der Waals surface area contributed by atoms with Crippen LogP contribution in [0.3, 0.4) is 0 Å². The van der Waals surface area contributed by atoms with Crippen molar-refractivity contribution in [2.45, 2.75) is 40.2 Å². The van der Waals surface area contributed by atoms with Gasteiger partial charge >= 0.3 is 0 Å². The Labute approximate surface area is 176 Å². The Hall–Kier alpha value is -1.79. The lowest BCUT2D eigenvalue weighted by atomic mass is 10.1. The van der Waals surface area contributed by atoms with Gasteiger partial charge in [-0.2, -0.15) is 0 Å². The van der Waals surface area contributed by atoms with Crippen LogP contribution in [0.5, 0.6) is 5.75 Å². The number of guanidine groups is 1. The molecular weight excluding hydrogens is 366 g/mol. The molecule has 1 aliphatic rings. The van der Waals surface area contributed by atoms with Crippen LogP contribution < -0.4 is 10.1 Å². The SMILES string of the molecule is CCNC(=NCc1ccccc1OCCC(C)C)N1CCC(COCCOC)C1. The van der Waals surface area contributed by atoms with Gasteiger partial charge in [0.25, 0.3) is 0 Å². The zero-order valence-corrected chi connectivity index (χ0v) is 18.7. The smallest absolute Gasteiger partial charge is 0.194 e. The molecule has 2 rings (SSSR count). The van der Waals surface area contributed by atoms with Crippen molar-refractivity contribution in [1.29, 1.82) is 0 Å². The Balaban J connectivity index is 1.92. The molecule has 0 amide bonds. The van der Waals surface area contributed by atoms with Crippen LogP contribution in [0, 0.1) is 11.8 Å². The molecule has 1 heterocycles. The summed E-state index contributed by atoms with van der Waals surface area (Å²) in [5, 5.41) is 3.44. The third kappa shape index (κ3) is 8.62. The number of aliphatic imine (C=N–C) groups is 1. The van der Waals surface area contributed by atoms with Crippen molar-refractivity contribution in [3.8, 4) is 5.75 Å². The number of nitrogens with one attached hydrogen (secondary N) is 1. The summed E-state index contributed by atoms with van der Waals surface area (Å²) < 4.78 is 16.8. The first-order chi connectivity index (χ1) is 14.1. The molecule has 0 aromatic heterocycles. The number of hydrogen-bond donors (Lipinski definition) is 1. The van der Waals surface area contributed by atoms with Gasteiger partial charge in [0, 0.05) is 38.2 Å². The maximum absolute atomic E-state index is 6.02. The zero-order valence-electron chi connectivity index (χ0n) is 18.7. The molecule has 1 atom stereocenters. The minimum absolute atomic E-state index is 0.544. The standard InChI is InChI=1S/C23H39N3O3/c1-5-24-23(26-12-10-20(17-26)18-28-15-14-27-4)25-16-21-8-6-7-9-22(21)29-13-11-19(2)3/h6-9,19-20H,5,10-18H2,1-4H3,(H,24,25). The number of hydrogen-bond acceptors (Lipinski definition) is 4. The molecule has 1 aromatic rings. The van der Waals surface area contributed by atoms with E-state index in [2.05, 4.69) is 43.1 Å². The molecule has 164 valence electrons. The normalized spacial score (nSPS) is 17.2. The second-order valence-electron chi connectivity index (χ2n) is 7.98. The fraction of sp³-hybridized carbons (Fsp3) is 0.696. The van der Waals surface area contributed by atoms with E-state index in [9.17, 15) is 0 Å². The number of ether oxygens (including phenoxy) is 3. The summed E-state index contributed by atoms with van der Waals surface area (Å²) >= 11 is 0. The van der Waals surface area contributed by atoms with Crippen LogP contribution in [0.25, 0.3) is 0 Å². The molecule has 0 spiro atoms. The van der Waals surface area contributed by atoms with Gasteiger partial charge < -0.3 is 24.4 Å². The fourth-order valence-corrected chi connectivity index (χ4v) is 3.32. The first kappa shape index (κ1) is 23.5. The number of para-hydroxylation sites is 1. The lowest BCUT2D eigenvalue weighted by molar-refractivity contribution is 0.0536. The van der Waals surface area contributed by atoms with Crippen molar-refractivity contribution in [3.05, 3.63) is 29.8 Å². The van der Waals surface area contributed by atoms with Gasteiger partial charge in [-0.15, -0.1) is 0 Å². The predicted octanol–water partition coefficient (Wildman–Crippen LogP) is 3.56. The summed E-state index contributed by atoms with van der Waals surface area (Å²) in [5.41, 5.74) is 1.13. The Morgan fingerprint density at radius 3 is 2.83 bits per heavy atom. The number of likely N-dealkylation sites (tertiary alicyclic amines) is 1. The van der Waals surface area contributed by atoms with Crippen molar-refractivity contribution in [2.24, 2.45) is 16.8 Å². The summed E-state index contributed by atoms with van der Waals surface area (Å²) in [5.74, 6) is 3.10. The Kier molecular flexibility index (Phi) is 10.9. The zero-order chi connectivity index (χ0) is 20.9. The quantitative estimate of drug-likeness (QED) is 0.327. The maximum Gasteiger partial charge on any atom is 0.194 e. The molecule has 1 N–H and O–H groups in total. The topological polar surface area (TPSA) is 55.3 Å².